The lowest BCUT2D eigenvalue weighted by Crippen LogP contribution is -2.37. The lowest BCUT2D eigenvalue weighted by atomic mass is 10.1. The summed E-state index contributed by atoms with van der Waals surface area (Å²) in [6, 6.07) is 15.3. The molecule has 0 atom stereocenters. The van der Waals surface area contributed by atoms with E-state index in [0.717, 1.165) is 28.1 Å². The Morgan fingerprint density at radius 3 is 2.33 bits per heavy atom. The second-order valence-corrected chi connectivity index (χ2v) is 7.62. The molecule has 1 N–H and O–H groups in total. The third-order valence-electron chi connectivity index (χ3n) is 4.84. The van der Waals surface area contributed by atoms with Gasteiger partial charge in [0.15, 0.2) is 0 Å². The summed E-state index contributed by atoms with van der Waals surface area (Å²) in [6.07, 6.45) is 0. The smallest absolute Gasteiger partial charge is 0.255 e. The van der Waals surface area contributed by atoms with Crippen LogP contribution < -0.4 is 15.8 Å². The Bertz CT molecular complexity index is 1110. The third-order valence-corrected chi connectivity index (χ3v) is 4.84. The van der Waals surface area contributed by atoms with Crippen LogP contribution in [0, 0.1) is 27.7 Å². The summed E-state index contributed by atoms with van der Waals surface area (Å²) in [5.41, 5.74) is 5.27. The average Bonchev–Trinajstić information content (AvgIpc) is 2.64. The van der Waals surface area contributed by atoms with Gasteiger partial charge < -0.3 is 10.2 Å². The Kier molecular flexibility index (Phi) is 6.35. The number of rotatable bonds is 6. The van der Waals surface area contributed by atoms with Crippen molar-refractivity contribution < 1.29 is 4.79 Å². The fourth-order valence-electron chi connectivity index (χ4n) is 3.56. The maximum atomic E-state index is 13.1. The van der Waals surface area contributed by atoms with Crippen molar-refractivity contribution in [3.63, 3.8) is 0 Å². The zero-order chi connectivity index (χ0) is 21.8. The number of carbonyl (C=O) groups is 1. The number of anilines is 3. The molecule has 156 valence electrons. The van der Waals surface area contributed by atoms with E-state index in [4.69, 9.17) is 0 Å². The van der Waals surface area contributed by atoms with E-state index < -0.39 is 0 Å². The molecule has 0 spiro atoms. The summed E-state index contributed by atoms with van der Waals surface area (Å²) in [4.78, 5) is 32.0. The van der Waals surface area contributed by atoms with Gasteiger partial charge in [-0.2, -0.15) is 0 Å². The van der Waals surface area contributed by atoms with Gasteiger partial charge in [-0.05, 0) is 75.6 Å². The van der Waals surface area contributed by atoms with Crippen LogP contribution in [0.25, 0.3) is 0 Å². The predicted octanol–water partition coefficient (Wildman–Crippen LogP) is 4.27. The maximum absolute atomic E-state index is 13.1. The van der Waals surface area contributed by atoms with Crippen molar-refractivity contribution in [2.24, 2.45) is 0 Å². The van der Waals surface area contributed by atoms with Crippen LogP contribution in [0.3, 0.4) is 0 Å². The molecule has 3 rings (SSSR count). The molecule has 0 bridgehead atoms. The highest BCUT2D eigenvalue weighted by Crippen LogP contribution is 2.19. The van der Waals surface area contributed by atoms with Crippen LogP contribution in [0.1, 0.15) is 29.3 Å². The van der Waals surface area contributed by atoms with E-state index in [0.29, 0.717) is 18.2 Å². The lowest BCUT2D eigenvalue weighted by molar-refractivity contribution is -0.119. The zero-order valence-electron chi connectivity index (χ0n) is 18.2. The Hall–Kier alpha value is -3.41. The molecular formula is C24H28N4O2. The van der Waals surface area contributed by atoms with Gasteiger partial charge in [0.1, 0.15) is 6.54 Å². The molecule has 0 unspecified atom stereocenters. The molecule has 2 aromatic carbocycles. The van der Waals surface area contributed by atoms with E-state index >= 15 is 0 Å². The topological polar surface area (TPSA) is 67.2 Å². The number of aromatic nitrogens is 2. The number of nitrogens with zero attached hydrogens (tertiary/aromatic N) is 3. The summed E-state index contributed by atoms with van der Waals surface area (Å²) < 4.78 is 1.39. The minimum Gasteiger partial charge on any atom is -0.325 e. The molecule has 0 aliphatic carbocycles. The molecule has 6 heteroatoms. The van der Waals surface area contributed by atoms with Gasteiger partial charge >= 0.3 is 0 Å². The maximum Gasteiger partial charge on any atom is 0.255 e. The Morgan fingerprint density at radius 2 is 1.70 bits per heavy atom. The quantitative estimate of drug-likeness (QED) is 0.666. The van der Waals surface area contributed by atoms with Gasteiger partial charge in [0.05, 0.1) is 0 Å². The summed E-state index contributed by atoms with van der Waals surface area (Å²) in [5.74, 6) is 0.193. The Morgan fingerprint density at radius 1 is 1.00 bits per heavy atom. The molecule has 30 heavy (non-hydrogen) atoms. The van der Waals surface area contributed by atoms with Crippen molar-refractivity contribution in [2.45, 2.75) is 41.2 Å². The number of carbonyl (C=O) groups excluding carboxylic acids is 1. The van der Waals surface area contributed by atoms with Crippen molar-refractivity contribution in [3.05, 3.63) is 81.3 Å². The van der Waals surface area contributed by atoms with E-state index in [-0.39, 0.29) is 18.0 Å². The van der Waals surface area contributed by atoms with Crippen LogP contribution in [0.2, 0.25) is 0 Å². The van der Waals surface area contributed by atoms with Gasteiger partial charge in [-0.15, -0.1) is 0 Å². The predicted molar refractivity (Wildman–Crippen MR) is 122 cm³/mol. The van der Waals surface area contributed by atoms with Crippen LogP contribution in [0.5, 0.6) is 0 Å². The fourth-order valence-corrected chi connectivity index (χ4v) is 3.56. The molecule has 0 saturated heterocycles. The molecule has 0 aliphatic rings. The summed E-state index contributed by atoms with van der Waals surface area (Å²) >= 11 is 0. The first-order chi connectivity index (χ1) is 14.3. The summed E-state index contributed by atoms with van der Waals surface area (Å²) in [6.45, 7) is 10.1. The molecular weight excluding hydrogens is 376 g/mol. The lowest BCUT2D eigenvalue weighted by Gasteiger charge is -2.23. The largest absolute Gasteiger partial charge is 0.325 e. The number of aryl methyl sites for hydroxylation is 4. The van der Waals surface area contributed by atoms with Crippen LogP contribution in [0.15, 0.2) is 53.3 Å². The number of likely N-dealkylation sites (N-methyl/N-ethyl adjacent to an activating group) is 1. The standard InChI is InChI=1S/C24H28N4O2/c1-6-27(21-9-7-8-16(2)13-21)23(30)15-28-22(29)14-19(5)25-24(28)26-20-11-17(3)10-18(4)12-20/h7-14H,6,15H2,1-5H3,(H,25,26). The number of hydrogen-bond donors (Lipinski definition) is 1. The molecule has 0 radical (unpaired) electrons. The molecule has 0 aliphatic heterocycles. The van der Waals surface area contributed by atoms with E-state index in [1.807, 2.05) is 64.1 Å². The minimum absolute atomic E-state index is 0.0962. The molecule has 6 nitrogen and oxygen atoms in total. The first kappa shape index (κ1) is 21.3. The van der Waals surface area contributed by atoms with Crippen LogP contribution in [-0.4, -0.2) is 22.0 Å². The zero-order valence-corrected chi connectivity index (χ0v) is 18.2. The molecule has 0 saturated carbocycles. The second kappa shape index (κ2) is 8.95. The van der Waals surface area contributed by atoms with Crippen LogP contribution in [0.4, 0.5) is 17.3 Å². The Balaban J connectivity index is 1.95. The first-order valence-electron chi connectivity index (χ1n) is 10.1. The third kappa shape index (κ3) is 4.95. The fraction of sp³-hybridized carbons (Fsp3) is 0.292. The van der Waals surface area contributed by atoms with Crippen LogP contribution >= 0.6 is 0 Å². The van der Waals surface area contributed by atoms with Gasteiger partial charge in [-0.25, -0.2) is 4.98 Å². The number of hydrogen-bond acceptors (Lipinski definition) is 4. The first-order valence-corrected chi connectivity index (χ1v) is 10.1. The molecule has 1 aromatic heterocycles. The molecule has 3 aromatic rings. The van der Waals surface area contributed by atoms with E-state index in [9.17, 15) is 9.59 Å². The number of benzene rings is 2. The van der Waals surface area contributed by atoms with Gasteiger partial charge in [0, 0.05) is 29.7 Å². The van der Waals surface area contributed by atoms with E-state index in [2.05, 4.69) is 16.4 Å². The SMILES string of the molecule is CCN(C(=O)Cn1c(Nc2cc(C)cc(C)c2)nc(C)cc1=O)c1cccc(C)c1. The van der Waals surface area contributed by atoms with Gasteiger partial charge in [-0.1, -0.05) is 18.2 Å². The van der Waals surface area contributed by atoms with Crippen molar-refractivity contribution in [1.82, 2.24) is 9.55 Å². The summed E-state index contributed by atoms with van der Waals surface area (Å²) in [7, 11) is 0. The van der Waals surface area contributed by atoms with Gasteiger partial charge in [0.2, 0.25) is 11.9 Å². The highest BCUT2D eigenvalue weighted by molar-refractivity contribution is 5.93. The molecule has 0 fully saturated rings. The van der Waals surface area contributed by atoms with E-state index in [1.165, 1.54) is 10.6 Å². The highest BCUT2D eigenvalue weighted by Gasteiger charge is 2.18. The second-order valence-electron chi connectivity index (χ2n) is 7.62. The number of amides is 1. The minimum atomic E-state index is -0.261. The van der Waals surface area contributed by atoms with Gasteiger partial charge in [-0.3, -0.25) is 14.2 Å². The average molecular weight is 405 g/mol. The van der Waals surface area contributed by atoms with Crippen molar-refractivity contribution in [3.8, 4) is 0 Å². The normalized spacial score (nSPS) is 10.7. The molecule has 1 heterocycles. The van der Waals surface area contributed by atoms with Crippen molar-refractivity contribution in [2.75, 3.05) is 16.8 Å². The van der Waals surface area contributed by atoms with E-state index in [1.54, 1.807) is 11.8 Å². The number of nitrogens with one attached hydrogen (secondary N) is 1. The summed E-state index contributed by atoms with van der Waals surface area (Å²) in [5, 5.41) is 3.23. The monoisotopic (exact) mass is 404 g/mol. The molecule has 1 amide bonds. The van der Waals surface area contributed by atoms with Crippen molar-refractivity contribution >= 4 is 23.2 Å². The van der Waals surface area contributed by atoms with Crippen LogP contribution in [-0.2, 0) is 11.3 Å². The van der Waals surface area contributed by atoms with Gasteiger partial charge in [0.25, 0.3) is 5.56 Å². The Labute approximate surface area is 177 Å². The van der Waals surface area contributed by atoms with Crippen molar-refractivity contribution in [1.29, 1.82) is 0 Å². The highest BCUT2D eigenvalue weighted by atomic mass is 16.2.